The van der Waals surface area contributed by atoms with Gasteiger partial charge in [-0.2, -0.15) is 5.10 Å². The molecule has 1 aromatic carbocycles. The van der Waals surface area contributed by atoms with Gasteiger partial charge in [0.2, 0.25) is 0 Å². The van der Waals surface area contributed by atoms with E-state index in [4.69, 9.17) is 0 Å². The Hall–Kier alpha value is -1.17. The van der Waals surface area contributed by atoms with E-state index in [1.54, 1.807) is 17.8 Å². The van der Waals surface area contributed by atoms with Crippen LogP contribution in [0.2, 0.25) is 0 Å². The van der Waals surface area contributed by atoms with E-state index in [1.165, 1.54) is 0 Å². The van der Waals surface area contributed by atoms with Gasteiger partial charge in [-0.25, -0.2) is 4.68 Å². The van der Waals surface area contributed by atoms with Crippen molar-refractivity contribution < 1.29 is 4.79 Å². The number of ketones is 1. The Bertz CT molecular complexity index is 505. The lowest BCUT2D eigenvalue weighted by atomic mass is 10.1. The zero-order chi connectivity index (χ0) is 10.8. The molecular weight excluding hydrogens is 303 g/mol. The number of carbonyl (C=O) groups is 1. The lowest BCUT2D eigenvalue weighted by Crippen LogP contribution is -2.03. The molecule has 0 aliphatic rings. The predicted molar refractivity (Wildman–Crippen MR) is 66.3 cm³/mol. The minimum atomic E-state index is 0.0520. The highest BCUT2D eigenvalue weighted by Crippen LogP contribution is 2.15. The van der Waals surface area contributed by atoms with Gasteiger partial charge in [0.25, 0.3) is 0 Å². The van der Waals surface area contributed by atoms with E-state index in [1.807, 2.05) is 30.5 Å². The summed E-state index contributed by atoms with van der Waals surface area (Å²) in [6, 6.07) is 7.46. The average Bonchev–Trinajstić information content (AvgIpc) is 2.65. The Morgan fingerprint density at radius 2 is 2.13 bits per heavy atom. The van der Waals surface area contributed by atoms with Crippen LogP contribution in [-0.2, 0) is 0 Å². The first-order valence-electron chi connectivity index (χ1n) is 4.49. The molecule has 0 fully saturated rings. The Kier molecular flexibility index (Phi) is 2.86. The van der Waals surface area contributed by atoms with Crippen molar-refractivity contribution >= 4 is 28.4 Å². The number of halogens is 1. The number of benzene rings is 1. The summed E-state index contributed by atoms with van der Waals surface area (Å²) in [5.74, 6) is 0.0520. The van der Waals surface area contributed by atoms with Crippen LogP contribution in [0.1, 0.15) is 17.3 Å². The van der Waals surface area contributed by atoms with Crippen LogP contribution < -0.4 is 0 Å². The van der Waals surface area contributed by atoms with Gasteiger partial charge < -0.3 is 0 Å². The highest BCUT2D eigenvalue weighted by molar-refractivity contribution is 14.1. The molecule has 15 heavy (non-hydrogen) atoms. The van der Waals surface area contributed by atoms with Crippen molar-refractivity contribution in [1.29, 1.82) is 0 Å². The molecule has 0 N–H and O–H groups in total. The van der Waals surface area contributed by atoms with Gasteiger partial charge in [0.1, 0.15) is 0 Å². The zero-order valence-electron chi connectivity index (χ0n) is 8.14. The molecular formula is C11H9IN2O. The monoisotopic (exact) mass is 312 g/mol. The van der Waals surface area contributed by atoms with E-state index >= 15 is 0 Å². The van der Waals surface area contributed by atoms with E-state index in [9.17, 15) is 4.79 Å². The first-order chi connectivity index (χ1) is 7.18. The van der Waals surface area contributed by atoms with Crippen LogP contribution in [0.5, 0.6) is 0 Å². The molecule has 0 spiro atoms. The number of para-hydroxylation sites is 1. The second kappa shape index (κ2) is 4.14. The number of hydrogen-bond acceptors (Lipinski definition) is 2. The maximum atomic E-state index is 11.4. The summed E-state index contributed by atoms with van der Waals surface area (Å²) >= 11 is 2.19. The van der Waals surface area contributed by atoms with Crippen LogP contribution in [0.15, 0.2) is 36.7 Å². The van der Waals surface area contributed by atoms with Crippen molar-refractivity contribution in [3.05, 3.63) is 45.8 Å². The number of rotatable bonds is 2. The Labute approximate surface area is 101 Å². The highest BCUT2D eigenvalue weighted by atomic mass is 127. The molecule has 1 heterocycles. The summed E-state index contributed by atoms with van der Waals surface area (Å²) in [4.78, 5) is 11.4. The van der Waals surface area contributed by atoms with Crippen LogP contribution in [0.25, 0.3) is 5.69 Å². The Morgan fingerprint density at radius 3 is 2.73 bits per heavy atom. The molecule has 76 valence electrons. The molecule has 2 rings (SSSR count). The summed E-state index contributed by atoms with van der Waals surface area (Å²) in [5.41, 5.74) is 1.52. The fourth-order valence-corrected chi connectivity index (χ4v) is 1.79. The van der Waals surface area contributed by atoms with Gasteiger partial charge in [0.05, 0.1) is 15.5 Å². The minimum absolute atomic E-state index is 0.0520. The molecule has 0 atom stereocenters. The first kappa shape index (κ1) is 10.4. The van der Waals surface area contributed by atoms with Crippen LogP contribution in [0, 0.1) is 3.57 Å². The smallest absolute Gasteiger partial charge is 0.161 e. The molecule has 0 aliphatic carbocycles. The molecule has 0 amide bonds. The topological polar surface area (TPSA) is 34.9 Å². The Balaban J connectivity index is 2.57. The Morgan fingerprint density at radius 1 is 1.40 bits per heavy atom. The first-order valence-corrected chi connectivity index (χ1v) is 5.57. The number of aromatic nitrogens is 2. The van der Waals surface area contributed by atoms with Crippen LogP contribution in [0.4, 0.5) is 0 Å². The SMILES string of the molecule is CC(=O)c1ccccc1-n1cc(I)cn1. The van der Waals surface area contributed by atoms with Crippen molar-refractivity contribution in [1.82, 2.24) is 9.78 Å². The summed E-state index contributed by atoms with van der Waals surface area (Å²) < 4.78 is 2.77. The minimum Gasteiger partial charge on any atom is -0.294 e. The van der Waals surface area contributed by atoms with E-state index < -0.39 is 0 Å². The highest BCUT2D eigenvalue weighted by Gasteiger charge is 2.08. The fraction of sp³-hybridized carbons (Fsp3) is 0.0909. The van der Waals surface area contributed by atoms with Crippen molar-refractivity contribution in [2.24, 2.45) is 0 Å². The van der Waals surface area contributed by atoms with Crippen LogP contribution >= 0.6 is 22.6 Å². The normalized spacial score (nSPS) is 10.3. The zero-order valence-corrected chi connectivity index (χ0v) is 10.3. The molecule has 0 saturated heterocycles. The van der Waals surface area contributed by atoms with E-state index in [0.29, 0.717) is 5.56 Å². The summed E-state index contributed by atoms with van der Waals surface area (Å²) in [6.45, 7) is 1.56. The summed E-state index contributed by atoms with van der Waals surface area (Å²) in [6.07, 6.45) is 3.65. The summed E-state index contributed by atoms with van der Waals surface area (Å²) in [5, 5.41) is 4.19. The number of Topliss-reactive ketones (excluding diaryl/α,β-unsaturated/α-hetero) is 1. The van der Waals surface area contributed by atoms with Gasteiger partial charge >= 0.3 is 0 Å². The van der Waals surface area contributed by atoms with Gasteiger partial charge in [-0.05, 0) is 41.6 Å². The molecule has 4 heteroatoms. The van der Waals surface area contributed by atoms with E-state index in [0.717, 1.165) is 9.26 Å². The van der Waals surface area contributed by atoms with Gasteiger partial charge in [0, 0.05) is 11.8 Å². The third kappa shape index (κ3) is 2.09. The maximum Gasteiger partial charge on any atom is 0.161 e. The second-order valence-corrected chi connectivity index (χ2v) is 4.42. The molecule has 2 aromatic rings. The molecule has 0 saturated carbocycles. The lowest BCUT2D eigenvalue weighted by molar-refractivity contribution is 0.101. The van der Waals surface area contributed by atoms with Crippen molar-refractivity contribution in [2.75, 3.05) is 0 Å². The predicted octanol–water partition coefficient (Wildman–Crippen LogP) is 2.68. The quantitative estimate of drug-likeness (QED) is 0.631. The third-order valence-electron chi connectivity index (χ3n) is 2.08. The van der Waals surface area contributed by atoms with Crippen LogP contribution in [0.3, 0.4) is 0 Å². The van der Waals surface area contributed by atoms with Crippen LogP contribution in [-0.4, -0.2) is 15.6 Å². The fourth-order valence-electron chi connectivity index (χ4n) is 1.40. The van der Waals surface area contributed by atoms with Crippen molar-refractivity contribution in [3.8, 4) is 5.69 Å². The van der Waals surface area contributed by atoms with Crippen molar-refractivity contribution in [2.45, 2.75) is 6.92 Å². The standard InChI is InChI=1S/C11H9IN2O/c1-8(15)10-4-2-3-5-11(10)14-7-9(12)6-13-14/h2-7H,1H3. The third-order valence-corrected chi connectivity index (χ3v) is 2.64. The average molecular weight is 312 g/mol. The molecule has 0 bridgehead atoms. The molecule has 1 aromatic heterocycles. The van der Waals surface area contributed by atoms with Gasteiger partial charge in [-0.3, -0.25) is 4.79 Å². The molecule has 0 aliphatic heterocycles. The van der Waals surface area contributed by atoms with Gasteiger partial charge in [-0.15, -0.1) is 0 Å². The van der Waals surface area contributed by atoms with Crippen molar-refractivity contribution in [3.63, 3.8) is 0 Å². The van der Waals surface area contributed by atoms with Gasteiger partial charge in [0.15, 0.2) is 5.78 Å². The maximum absolute atomic E-state index is 11.4. The largest absolute Gasteiger partial charge is 0.294 e. The molecule has 0 unspecified atom stereocenters. The number of hydrogen-bond donors (Lipinski definition) is 0. The molecule has 0 radical (unpaired) electrons. The lowest BCUT2D eigenvalue weighted by Gasteiger charge is -2.05. The number of nitrogens with zero attached hydrogens (tertiary/aromatic N) is 2. The number of carbonyl (C=O) groups excluding carboxylic acids is 1. The van der Waals surface area contributed by atoms with E-state index in [-0.39, 0.29) is 5.78 Å². The van der Waals surface area contributed by atoms with Gasteiger partial charge in [-0.1, -0.05) is 12.1 Å². The molecule has 3 nitrogen and oxygen atoms in total. The summed E-state index contributed by atoms with van der Waals surface area (Å²) in [7, 11) is 0. The second-order valence-electron chi connectivity index (χ2n) is 3.18. The van der Waals surface area contributed by atoms with E-state index in [2.05, 4.69) is 27.7 Å².